The molecule has 0 spiro atoms. The molecule has 44 heavy (non-hydrogen) atoms. The molecule has 2 aromatic heterocycles. The maximum atomic E-state index is 4.66. The average Bonchev–Trinajstić information content (AvgIpc) is 3.05. The Morgan fingerprint density at radius 1 is 0.568 bits per heavy atom. The summed E-state index contributed by atoms with van der Waals surface area (Å²) in [6, 6.07) is 50.5. The number of rotatable bonds is 4. The first-order valence-electron chi connectivity index (χ1n) is 14.7. The number of pyridine rings is 2. The van der Waals surface area contributed by atoms with Crippen LogP contribution in [0.3, 0.4) is 0 Å². The van der Waals surface area contributed by atoms with E-state index in [-0.39, 0.29) is 25.5 Å². The van der Waals surface area contributed by atoms with Gasteiger partial charge in [0, 0.05) is 32.5 Å². The summed E-state index contributed by atoms with van der Waals surface area (Å²) in [7, 11) is 0. The van der Waals surface area contributed by atoms with E-state index in [1.54, 1.807) is 6.20 Å². The Balaban J connectivity index is 0.000000248. The number of hydrogen-bond acceptors (Lipinski definition) is 2. The number of hydrogen-bond donors (Lipinski definition) is 0. The Bertz CT molecular complexity index is 1940. The van der Waals surface area contributed by atoms with Crippen LogP contribution in [0.2, 0.25) is 0 Å². The van der Waals surface area contributed by atoms with Gasteiger partial charge in [-0.15, -0.1) is 71.3 Å². The van der Waals surface area contributed by atoms with Gasteiger partial charge in [-0.3, -0.25) is 0 Å². The SMILES string of the molecule is CC(C)(C)Cc1ccnc(-c2[c-]ccc(-c3cc4ccccc4c4ccccc34)c2)c1.[Ir].[c-]1ccccc1-c1ccccn1. The van der Waals surface area contributed by atoms with Crippen molar-refractivity contribution >= 4 is 21.5 Å². The zero-order valence-corrected chi connectivity index (χ0v) is 27.6. The minimum atomic E-state index is 0. The Morgan fingerprint density at radius 3 is 2.02 bits per heavy atom. The molecule has 0 aliphatic carbocycles. The molecular formula is C41H34IrN2-2. The summed E-state index contributed by atoms with van der Waals surface area (Å²) in [5.74, 6) is 0. The third-order valence-corrected chi connectivity index (χ3v) is 7.37. The van der Waals surface area contributed by atoms with Gasteiger partial charge >= 0.3 is 0 Å². The summed E-state index contributed by atoms with van der Waals surface area (Å²) < 4.78 is 0. The Morgan fingerprint density at radius 2 is 1.27 bits per heavy atom. The van der Waals surface area contributed by atoms with E-state index in [4.69, 9.17) is 0 Å². The normalized spacial score (nSPS) is 11.0. The van der Waals surface area contributed by atoms with E-state index in [0.29, 0.717) is 0 Å². The zero-order chi connectivity index (χ0) is 29.6. The Labute approximate surface area is 274 Å². The summed E-state index contributed by atoms with van der Waals surface area (Å²) >= 11 is 0. The number of fused-ring (bicyclic) bond motifs is 3. The van der Waals surface area contributed by atoms with E-state index >= 15 is 0 Å². The van der Waals surface area contributed by atoms with Gasteiger partial charge in [-0.05, 0) is 68.5 Å². The first-order chi connectivity index (χ1) is 20.9. The van der Waals surface area contributed by atoms with Crippen LogP contribution in [0.15, 0.2) is 140 Å². The first kappa shape index (κ1) is 31.0. The van der Waals surface area contributed by atoms with E-state index in [1.807, 2.05) is 54.7 Å². The van der Waals surface area contributed by atoms with E-state index in [2.05, 4.69) is 122 Å². The average molecular weight is 747 g/mol. The van der Waals surface area contributed by atoms with Crippen molar-refractivity contribution < 1.29 is 20.1 Å². The molecule has 0 atom stereocenters. The zero-order valence-electron chi connectivity index (χ0n) is 25.2. The molecule has 0 unspecified atom stereocenters. The van der Waals surface area contributed by atoms with Crippen molar-refractivity contribution in [3.05, 3.63) is 157 Å². The fourth-order valence-corrected chi connectivity index (χ4v) is 5.49. The van der Waals surface area contributed by atoms with Gasteiger partial charge in [-0.25, -0.2) is 0 Å². The van der Waals surface area contributed by atoms with Gasteiger partial charge in [-0.2, -0.15) is 0 Å². The van der Waals surface area contributed by atoms with Crippen molar-refractivity contribution in [1.82, 2.24) is 9.97 Å². The van der Waals surface area contributed by atoms with Crippen molar-refractivity contribution in [2.24, 2.45) is 5.41 Å². The molecule has 0 aliphatic rings. The standard InChI is InChI=1S/C30H26N.C11H8N.Ir/c1-30(2,3)20-21-15-16-31-29(17-21)24-11-8-10-22(18-24)28-19-23-9-4-5-12-25(23)26-13-6-7-14-27(26)28;1-2-6-10(7-3-1)11-8-4-5-9-12-11;/h4-10,12-19H,20H2,1-3H3;1-6,8-9H;/q2*-1;. The van der Waals surface area contributed by atoms with Gasteiger partial charge in [0.15, 0.2) is 0 Å². The van der Waals surface area contributed by atoms with E-state index in [9.17, 15) is 0 Å². The summed E-state index contributed by atoms with van der Waals surface area (Å²) in [4.78, 5) is 8.87. The van der Waals surface area contributed by atoms with Gasteiger partial charge in [0.2, 0.25) is 0 Å². The third kappa shape index (κ3) is 7.37. The van der Waals surface area contributed by atoms with Crippen molar-refractivity contribution in [2.75, 3.05) is 0 Å². The Hall–Kier alpha value is -4.43. The number of aromatic nitrogens is 2. The van der Waals surface area contributed by atoms with Crippen LogP contribution in [0.5, 0.6) is 0 Å². The predicted molar refractivity (Wildman–Crippen MR) is 181 cm³/mol. The largest absolute Gasteiger partial charge is 0.305 e. The van der Waals surface area contributed by atoms with Crippen molar-refractivity contribution in [1.29, 1.82) is 0 Å². The molecule has 0 aliphatic heterocycles. The molecular weight excluding hydrogens is 713 g/mol. The molecule has 219 valence electrons. The summed E-state index contributed by atoms with van der Waals surface area (Å²) in [6.45, 7) is 6.81. The summed E-state index contributed by atoms with van der Waals surface area (Å²) in [5, 5.41) is 5.11. The maximum Gasteiger partial charge on any atom is 0.0163 e. The third-order valence-electron chi connectivity index (χ3n) is 7.37. The fraction of sp³-hybridized carbons (Fsp3) is 0.122. The quantitative estimate of drug-likeness (QED) is 0.132. The molecule has 2 heterocycles. The van der Waals surface area contributed by atoms with Crippen LogP contribution >= 0.6 is 0 Å². The van der Waals surface area contributed by atoms with Gasteiger partial charge in [0.25, 0.3) is 0 Å². The Kier molecular flexibility index (Phi) is 9.80. The monoisotopic (exact) mass is 747 g/mol. The molecule has 0 N–H and O–H groups in total. The number of nitrogens with zero attached hydrogens (tertiary/aromatic N) is 2. The van der Waals surface area contributed by atoms with E-state index < -0.39 is 0 Å². The van der Waals surface area contributed by atoms with Gasteiger partial charge < -0.3 is 9.97 Å². The van der Waals surface area contributed by atoms with Crippen LogP contribution in [0, 0.1) is 17.5 Å². The predicted octanol–water partition coefficient (Wildman–Crippen LogP) is 10.7. The van der Waals surface area contributed by atoms with Crippen molar-refractivity contribution in [3.8, 4) is 33.6 Å². The van der Waals surface area contributed by atoms with Gasteiger partial charge in [-0.1, -0.05) is 93.1 Å². The molecule has 0 amide bonds. The second-order valence-electron chi connectivity index (χ2n) is 12.0. The first-order valence-corrected chi connectivity index (χ1v) is 14.7. The van der Waals surface area contributed by atoms with Crippen LogP contribution in [-0.4, -0.2) is 9.97 Å². The van der Waals surface area contributed by atoms with Crippen LogP contribution in [0.4, 0.5) is 0 Å². The maximum absolute atomic E-state index is 4.66. The second-order valence-corrected chi connectivity index (χ2v) is 12.0. The van der Waals surface area contributed by atoms with Crippen molar-refractivity contribution in [3.63, 3.8) is 0 Å². The molecule has 2 nitrogen and oxygen atoms in total. The minimum Gasteiger partial charge on any atom is -0.305 e. The van der Waals surface area contributed by atoms with Crippen LogP contribution in [0.1, 0.15) is 26.3 Å². The number of benzene rings is 5. The minimum absolute atomic E-state index is 0. The molecule has 0 saturated heterocycles. The molecule has 1 radical (unpaired) electrons. The molecule has 5 aromatic carbocycles. The summed E-state index contributed by atoms with van der Waals surface area (Å²) in [6.07, 6.45) is 4.73. The van der Waals surface area contributed by atoms with Crippen LogP contribution in [-0.2, 0) is 26.5 Å². The van der Waals surface area contributed by atoms with Crippen LogP contribution < -0.4 is 0 Å². The molecule has 7 aromatic rings. The summed E-state index contributed by atoms with van der Waals surface area (Å²) in [5.41, 5.74) is 8.02. The molecule has 3 heteroatoms. The smallest absolute Gasteiger partial charge is 0.0163 e. The molecule has 0 fully saturated rings. The van der Waals surface area contributed by atoms with Gasteiger partial charge in [0.05, 0.1) is 0 Å². The molecule has 0 saturated carbocycles. The van der Waals surface area contributed by atoms with Gasteiger partial charge in [0.1, 0.15) is 0 Å². The molecule has 7 rings (SSSR count). The van der Waals surface area contributed by atoms with E-state index in [0.717, 1.165) is 28.9 Å². The molecule has 0 bridgehead atoms. The van der Waals surface area contributed by atoms with Crippen LogP contribution in [0.25, 0.3) is 55.2 Å². The topological polar surface area (TPSA) is 25.8 Å². The second kappa shape index (κ2) is 13.9. The van der Waals surface area contributed by atoms with E-state index in [1.165, 1.54) is 38.2 Å². The fourth-order valence-electron chi connectivity index (χ4n) is 5.49. The van der Waals surface area contributed by atoms with Crippen molar-refractivity contribution in [2.45, 2.75) is 27.2 Å².